The molecule has 2 aromatic rings. The molecule has 0 aliphatic carbocycles. The highest BCUT2D eigenvalue weighted by atomic mass is 16.5. The number of nitrogens with zero attached hydrogens (tertiary/aromatic N) is 3. The molecule has 0 saturated heterocycles. The molecular formula is C20H29N5O. The first-order valence-electron chi connectivity index (χ1n) is 8.74. The van der Waals surface area contributed by atoms with Gasteiger partial charge < -0.3 is 20.3 Å². The van der Waals surface area contributed by atoms with Crippen molar-refractivity contribution in [2.75, 3.05) is 39.7 Å². The number of nitrogens with one attached hydrogen (secondary N) is 2. The molecule has 2 N–H and O–H groups in total. The summed E-state index contributed by atoms with van der Waals surface area (Å²) in [5.74, 6) is 2.64. The summed E-state index contributed by atoms with van der Waals surface area (Å²) in [6, 6.07) is 12.3. The van der Waals surface area contributed by atoms with E-state index in [0.29, 0.717) is 6.54 Å². The van der Waals surface area contributed by atoms with Crippen LogP contribution in [0.1, 0.15) is 16.8 Å². The molecule has 0 amide bonds. The Labute approximate surface area is 156 Å². The quantitative estimate of drug-likeness (QED) is 0.590. The summed E-state index contributed by atoms with van der Waals surface area (Å²) in [5.41, 5.74) is 3.35. The highest BCUT2D eigenvalue weighted by molar-refractivity contribution is 5.79. The van der Waals surface area contributed by atoms with Crippen molar-refractivity contribution in [3.8, 4) is 5.75 Å². The molecule has 6 nitrogen and oxygen atoms in total. The van der Waals surface area contributed by atoms with Crippen LogP contribution in [-0.2, 0) is 13.0 Å². The van der Waals surface area contributed by atoms with Crippen LogP contribution in [0.15, 0.2) is 41.4 Å². The summed E-state index contributed by atoms with van der Waals surface area (Å²) in [6.45, 7) is 3.46. The van der Waals surface area contributed by atoms with Gasteiger partial charge in [0.2, 0.25) is 0 Å². The summed E-state index contributed by atoms with van der Waals surface area (Å²) in [6.07, 6.45) is 0.895. The van der Waals surface area contributed by atoms with Crippen LogP contribution in [0.5, 0.6) is 5.75 Å². The highest BCUT2D eigenvalue weighted by Gasteiger charge is 2.03. The highest BCUT2D eigenvalue weighted by Crippen LogP contribution is 2.19. The zero-order chi connectivity index (χ0) is 18.9. The van der Waals surface area contributed by atoms with Gasteiger partial charge in [0.1, 0.15) is 11.6 Å². The van der Waals surface area contributed by atoms with E-state index in [-0.39, 0.29) is 0 Å². The van der Waals surface area contributed by atoms with Crippen molar-refractivity contribution < 1.29 is 4.74 Å². The number of pyridine rings is 1. The van der Waals surface area contributed by atoms with Gasteiger partial charge in [0.15, 0.2) is 5.96 Å². The second-order valence-electron chi connectivity index (χ2n) is 6.29. The monoisotopic (exact) mass is 355 g/mol. The van der Waals surface area contributed by atoms with E-state index < -0.39 is 0 Å². The number of hydrogen-bond donors (Lipinski definition) is 2. The first kappa shape index (κ1) is 19.6. The molecule has 6 heteroatoms. The molecule has 1 aromatic heterocycles. The van der Waals surface area contributed by atoms with Gasteiger partial charge in [-0.05, 0) is 42.7 Å². The lowest BCUT2D eigenvalue weighted by molar-refractivity contribution is 0.411. The molecule has 0 unspecified atom stereocenters. The van der Waals surface area contributed by atoms with Crippen LogP contribution in [0.25, 0.3) is 0 Å². The molecule has 140 valence electrons. The fourth-order valence-electron chi connectivity index (χ4n) is 2.55. The van der Waals surface area contributed by atoms with Gasteiger partial charge in [-0.15, -0.1) is 0 Å². The summed E-state index contributed by atoms with van der Waals surface area (Å²) >= 11 is 0. The zero-order valence-corrected chi connectivity index (χ0v) is 16.3. The maximum Gasteiger partial charge on any atom is 0.191 e. The number of ether oxygens (including phenoxy) is 1. The van der Waals surface area contributed by atoms with Gasteiger partial charge in [0, 0.05) is 27.7 Å². The number of guanidine groups is 1. The molecule has 1 aromatic carbocycles. The van der Waals surface area contributed by atoms with Crippen molar-refractivity contribution >= 4 is 11.8 Å². The van der Waals surface area contributed by atoms with E-state index in [9.17, 15) is 0 Å². The van der Waals surface area contributed by atoms with Crippen LogP contribution < -0.4 is 20.3 Å². The molecule has 0 spiro atoms. The number of aromatic nitrogens is 1. The number of methoxy groups -OCH3 is 1. The van der Waals surface area contributed by atoms with E-state index in [4.69, 9.17) is 4.74 Å². The van der Waals surface area contributed by atoms with Crippen LogP contribution in [-0.4, -0.2) is 45.7 Å². The second-order valence-corrected chi connectivity index (χ2v) is 6.29. The maximum atomic E-state index is 5.38. The average molecular weight is 355 g/mol. The maximum absolute atomic E-state index is 5.38. The Balaban J connectivity index is 1.83. The lowest BCUT2D eigenvalue weighted by atomic mass is 10.1. The number of aliphatic imine (C=N–C) groups is 1. The van der Waals surface area contributed by atoms with Crippen molar-refractivity contribution in [2.45, 2.75) is 19.9 Å². The van der Waals surface area contributed by atoms with Gasteiger partial charge in [-0.3, -0.25) is 4.99 Å². The molecule has 0 aliphatic heterocycles. The fourth-order valence-corrected chi connectivity index (χ4v) is 2.55. The van der Waals surface area contributed by atoms with Crippen molar-refractivity contribution in [1.82, 2.24) is 15.6 Å². The first-order chi connectivity index (χ1) is 12.5. The average Bonchev–Trinajstić information content (AvgIpc) is 2.65. The normalized spacial score (nSPS) is 11.2. The predicted molar refractivity (Wildman–Crippen MR) is 108 cm³/mol. The summed E-state index contributed by atoms with van der Waals surface area (Å²) in [5, 5.41) is 6.64. The molecule has 0 radical (unpaired) electrons. The number of rotatable bonds is 7. The van der Waals surface area contributed by atoms with E-state index in [1.165, 1.54) is 5.56 Å². The smallest absolute Gasteiger partial charge is 0.191 e. The first-order valence-corrected chi connectivity index (χ1v) is 8.74. The van der Waals surface area contributed by atoms with Gasteiger partial charge in [-0.1, -0.05) is 18.2 Å². The Morgan fingerprint density at radius 3 is 2.69 bits per heavy atom. The predicted octanol–water partition coefficient (Wildman–Crippen LogP) is 2.37. The lowest BCUT2D eigenvalue weighted by Gasteiger charge is -2.14. The van der Waals surface area contributed by atoms with E-state index in [1.54, 1.807) is 14.2 Å². The number of anilines is 1. The Bertz CT molecular complexity index is 743. The molecular weight excluding hydrogens is 326 g/mol. The number of benzene rings is 1. The molecule has 1 heterocycles. The summed E-state index contributed by atoms with van der Waals surface area (Å²) < 4.78 is 5.38. The van der Waals surface area contributed by atoms with Crippen LogP contribution in [0, 0.1) is 6.92 Å². The topological polar surface area (TPSA) is 61.8 Å². The van der Waals surface area contributed by atoms with Gasteiger partial charge in [-0.25, -0.2) is 4.98 Å². The second kappa shape index (κ2) is 9.65. The molecule has 0 atom stereocenters. The van der Waals surface area contributed by atoms with Gasteiger partial charge in [0.05, 0.1) is 19.3 Å². The van der Waals surface area contributed by atoms with Crippen LogP contribution in [0.3, 0.4) is 0 Å². The van der Waals surface area contributed by atoms with Crippen LogP contribution in [0.2, 0.25) is 0 Å². The largest absolute Gasteiger partial charge is 0.496 e. The van der Waals surface area contributed by atoms with E-state index in [0.717, 1.165) is 41.7 Å². The summed E-state index contributed by atoms with van der Waals surface area (Å²) in [4.78, 5) is 10.9. The lowest BCUT2D eigenvalue weighted by Crippen LogP contribution is -2.38. The van der Waals surface area contributed by atoms with Crippen LogP contribution in [0.4, 0.5) is 5.82 Å². The van der Waals surface area contributed by atoms with Crippen molar-refractivity contribution in [1.29, 1.82) is 0 Å². The minimum atomic E-state index is 0.625. The van der Waals surface area contributed by atoms with Gasteiger partial charge in [-0.2, -0.15) is 0 Å². The fraction of sp³-hybridized carbons (Fsp3) is 0.400. The van der Waals surface area contributed by atoms with Gasteiger partial charge in [0.25, 0.3) is 0 Å². The molecule has 0 aliphatic rings. The van der Waals surface area contributed by atoms with Gasteiger partial charge >= 0.3 is 0 Å². The third-order valence-corrected chi connectivity index (χ3v) is 4.09. The third-order valence-electron chi connectivity index (χ3n) is 4.09. The van der Waals surface area contributed by atoms with E-state index >= 15 is 0 Å². The molecule has 0 fully saturated rings. The van der Waals surface area contributed by atoms with Crippen LogP contribution >= 0.6 is 0 Å². The van der Waals surface area contributed by atoms with Crippen molar-refractivity contribution in [2.24, 2.45) is 4.99 Å². The Morgan fingerprint density at radius 2 is 2.00 bits per heavy atom. The summed E-state index contributed by atoms with van der Waals surface area (Å²) in [7, 11) is 7.45. The molecule has 26 heavy (non-hydrogen) atoms. The molecule has 0 bridgehead atoms. The Hall–Kier alpha value is -2.76. The molecule has 0 saturated carbocycles. The van der Waals surface area contributed by atoms with E-state index in [2.05, 4.69) is 38.8 Å². The Kier molecular flexibility index (Phi) is 7.26. The number of aryl methyl sites for hydroxylation is 1. The number of hydrogen-bond acceptors (Lipinski definition) is 4. The molecule has 2 rings (SSSR count). The minimum absolute atomic E-state index is 0.625. The zero-order valence-electron chi connectivity index (χ0n) is 16.3. The van der Waals surface area contributed by atoms with E-state index in [1.807, 2.05) is 44.1 Å². The standard InChI is InChI=1S/C20H29N5O/c1-15-9-10-16(13-18(15)26-5)11-12-22-20(21-2)23-14-17-7-6-8-19(24-17)25(3)4/h6-10,13H,11-12,14H2,1-5H3,(H2,21,22,23). The Morgan fingerprint density at radius 1 is 1.19 bits per heavy atom. The van der Waals surface area contributed by atoms with Crippen molar-refractivity contribution in [3.63, 3.8) is 0 Å². The van der Waals surface area contributed by atoms with Crippen molar-refractivity contribution in [3.05, 3.63) is 53.2 Å². The minimum Gasteiger partial charge on any atom is -0.496 e. The SMILES string of the molecule is CN=C(NCCc1ccc(C)c(OC)c1)NCc1cccc(N(C)C)n1. The third kappa shape index (κ3) is 5.65.